The SMILES string of the molecule is CCCC(O)(CN)c1sccc1Cl. The zero-order chi connectivity index (χ0) is 9.90. The van der Waals surface area contributed by atoms with Crippen molar-refractivity contribution in [1.82, 2.24) is 0 Å². The maximum atomic E-state index is 10.2. The Bertz CT molecular complexity index is 276. The monoisotopic (exact) mass is 219 g/mol. The number of halogens is 1. The molecule has 0 bridgehead atoms. The third-order valence-corrected chi connectivity index (χ3v) is 3.58. The Kier molecular flexibility index (Phi) is 3.74. The van der Waals surface area contributed by atoms with Crippen molar-refractivity contribution in [2.24, 2.45) is 5.73 Å². The van der Waals surface area contributed by atoms with Gasteiger partial charge in [-0.25, -0.2) is 0 Å². The van der Waals surface area contributed by atoms with E-state index in [4.69, 9.17) is 17.3 Å². The van der Waals surface area contributed by atoms with E-state index in [0.29, 0.717) is 11.4 Å². The Labute approximate surface area is 87.3 Å². The first-order chi connectivity index (χ1) is 6.14. The Morgan fingerprint density at radius 1 is 1.69 bits per heavy atom. The highest BCUT2D eigenvalue weighted by atomic mass is 35.5. The summed E-state index contributed by atoms with van der Waals surface area (Å²) in [6.07, 6.45) is 1.55. The summed E-state index contributed by atoms with van der Waals surface area (Å²) in [5.74, 6) is 0. The molecule has 0 amide bonds. The highest BCUT2D eigenvalue weighted by Gasteiger charge is 2.29. The topological polar surface area (TPSA) is 46.2 Å². The summed E-state index contributed by atoms with van der Waals surface area (Å²) >= 11 is 7.39. The minimum Gasteiger partial charge on any atom is -0.383 e. The van der Waals surface area contributed by atoms with E-state index in [0.717, 1.165) is 11.3 Å². The van der Waals surface area contributed by atoms with Crippen LogP contribution in [0.3, 0.4) is 0 Å². The predicted molar refractivity (Wildman–Crippen MR) is 57.2 cm³/mol. The molecule has 0 saturated carbocycles. The average molecular weight is 220 g/mol. The lowest BCUT2D eigenvalue weighted by molar-refractivity contribution is 0.0397. The van der Waals surface area contributed by atoms with E-state index in [9.17, 15) is 5.11 Å². The van der Waals surface area contributed by atoms with Crippen LogP contribution >= 0.6 is 22.9 Å². The fourth-order valence-electron chi connectivity index (χ4n) is 1.35. The van der Waals surface area contributed by atoms with Crippen molar-refractivity contribution < 1.29 is 5.11 Å². The lowest BCUT2D eigenvalue weighted by Crippen LogP contribution is -2.34. The zero-order valence-corrected chi connectivity index (χ0v) is 9.16. The van der Waals surface area contributed by atoms with E-state index in [1.54, 1.807) is 6.07 Å². The summed E-state index contributed by atoms with van der Waals surface area (Å²) in [5.41, 5.74) is 4.62. The van der Waals surface area contributed by atoms with Crippen LogP contribution in [0.15, 0.2) is 11.4 Å². The molecule has 74 valence electrons. The fraction of sp³-hybridized carbons (Fsp3) is 0.556. The normalized spacial score (nSPS) is 15.7. The van der Waals surface area contributed by atoms with E-state index < -0.39 is 5.60 Å². The molecule has 0 aliphatic heterocycles. The summed E-state index contributed by atoms with van der Waals surface area (Å²) < 4.78 is 0. The molecule has 0 radical (unpaired) electrons. The Balaban J connectivity index is 2.95. The first-order valence-electron chi connectivity index (χ1n) is 4.30. The van der Waals surface area contributed by atoms with Gasteiger partial charge in [-0.1, -0.05) is 24.9 Å². The molecule has 0 saturated heterocycles. The molecule has 2 nitrogen and oxygen atoms in total. The lowest BCUT2D eigenvalue weighted by atomic mass is 9.96. The second kappa shape index (κ2) is 4.42. The molecule has 0 aromatic carbocycles. The van der Waals surface area contributed by atoms with Crippen molar-refractivity contribution in [3.8, 4) is 0 Å². The molecule has 1 aromatic heterocycles. The third-order valence-electron chi connectivity index (χ3n) is 2.04. The Hall–Kier alpha value is -0.0900. The van der Waals surface area contributed by atoms with Crippen LogP contribution in [0.25, 0.3) is 0 Å². The van der Waals surface area contributed by atoms with Gasteiger partial charge < -0.3 is 10.8 Å². The summed E-state index contributed by atoms with van der Waals surface area (Å²) in [5, 5.41) is 12.6. The second-order valence-electron chi connectivity index (χ2n) is 3.08. The number of rotatable bonds is 4. The van der Waals surface area contributed by atoms with Crippen molar-refractivity contribution in [1.29, 1.82) is 0 Å². The van der Waals surface area contributed by atoms with Gasteiger partial charge in [0.25, 0.3) is 0 Å². The summed E-state index contributed by atoms with van der Waals surface area (Å²) in [6.45, 7) is 2.24. The van der Waals surface area contributed by atoms with Gasteiger partial charge in [0.2, 0.25) is 0 Å². The van der Waals surface area contributed by atoms with Gasteiger partial charge >= 0.3 is 0 Å². The molecule has 0 aliphatic carbocycles. The summed E-state index contributed by atoms with van der Waals surface area (Å²) in [7, 11) is 0. The van der Waals surface area contributed by atoms with Gasteiger partial charge in [-0.2, -0.15) is 0 Å². The first-order valence-corrected chi connectivity index (χ1v) is 5.55. The van der Waals surface area contributed by atoms with E-state index >= 15 is 0 Å². The number of hydrogen-bond acceptors (Lipinski definition) is 3. The molecular formula is C9H14ClNOS. The van der Waals surface area contributed by atoms with Crippen LogP contribution in [-0.2, 0) is 5.60 Å². The quantitative estimate of drug-likeness (QED) is 0.817. The molecule has 0 aliphatic rings. The van der Waals surface area contributed by atoms with Crippen LogP contribution in [0.2, 0.25) is 5.02 Å². The number of nitrogens with two attached hydrogens (primary N) is 1. The molecular weight excluding hydrogens is 206 g/mol. The van der Waals surface area contributed by atoms with E-state index in [-0.39, 0.29) is 6.54 Å². The van der Waals surface area contributed by atoms with E-state index in [1.807, 2.05) is 12.3 Å². The van der Waals surface area contributed by atoms with Crippen molar-refractivity contribution >= 4 is 22.9 Å². The number of thiophene rings is 1. The molecule has 1 unspecified atom stereocenters. The van der Waals surface area contributed by atoms with Crippen molar-refractivity contribution in [3.05, 3.63) is 21.3 Å². The van der Waals surface area contributed by atoms with Gasteiger partial charge in [-0.05, 0) is 17.9 Å². The number of hydrogen-bond donors (Lipinski definition) is 2. The lowest BCUT2D eigenvalue weighted by Gasteiger charge is -2.25. The maximum absolute atomic E-state index is 10.2. The minimum absolute atomic E-state index is 0.223. The molecule has 1 heterocycles. The number of aliphatic hydroxyl groups is 1. The van der Waals surface area contributed by atoms with Crippen molar-refractivity contribution in [3.63, 3.8) is 0 Å². The van der Waals surface area contributed by atoms with E-state index in [2.05, 4.69) is 0 Å². The molecule has 0 fully saturated rings. The van der Waals surface area contributed by atoms with Gasteiger partial charge in [0.15, 0.2) is 0 Å². The van der Waals surface area contributed by atoms with Crippen LogP contribution in [0.4, 0.5) is 0 Å². The van der Waals surface area contributed by atoms with Crippen LogP contribution < -0.4 is 5.73 Å². The Morgan fingerprint density at radius 3 is 2.77 bits per heavy atom. The molecule has 1 rings (SSSR count). The van der Waals surface area contributed by atoms with Crippen LogP contribution in [-0.4, -0.2) is 11.7 Å². The highest BCUT2D eigenvalue weighted by Crippen LogP contribution is 2.35. The molecule has 1 aromatic rings. The first kappa shape index (κ1) is 11.0. The van der Waals surface area contributed by atoms with Crippen LogP contribution in [0.1, 0.15) is 24.6 Å². The fourth-order valence-corrected chi connectivity index (χ4v) is 2.72. The Morgan fingerprint density at radius 2 is 2.38 bits per heavy atom. The van der Waals surface area contributed by atoms with Gasteiger partial charge in [-0.15, -0.1) is 11.3 Å². The second-order valence-corrected chi connectivity index (χ2v) is 4.41. The third kappa shape index (κ3) is 2.23. The van der Waals surface area contributed by atoms with Crippen LogP contribution in [0, 0.1) is 0 Å². The minimum atomic E-state index is -0.931. The molecule has 0 spiro atoms. The summed E-state index contributed by atoms with van der Waals surface area (Å²) in [6, 6.07) is 1.79. The van der Waals surface area contributed by atoms with Crippen molar-refractivity contribution in [2.75, 3.05) is 6.54 Å². The van der Waals surface area contributed by atoms with Gasteiger partial charge in [0.05, 0.1) is 9.90 Å². The van der Waals surface area contributed by atoms with Gasteiger partial charge in [0.1, 0.15) is 5.60 Å². The molecule has 3 N–H and O–H groups in total. The molecule has 4 heteroatoms. The van der Waals surface area contributed by atoms with Crippen LogP contribution in [0.5, 0.6) is 0 Å². The standard InChI is InChI=1S/C9H14ClNOS/c1-2-4-9(12,6-11)8-7(10)3-5-13-8/h3,5,12H,2,4,6,11H2,1H3. The van der Waals surface area contributed by atoms with E-state index in [1.165, 1.54) is 11.3 Å². The summed E-state index contributed by atoms with van der Waals surface area (Å²) in [4.78, 5) is 0.790. The molecule has 13 heavy (non-hydrogen) atoms. The predicted octanol–water partition coefficient (Wildman–Crippen LogP) is 2.35. The zero-order valence-electron chi connectivity index (χ0n) is 7.59. The highest BCUT2D eigenvalue weighted by molar-refractivity contribution is 7.10. The smallest absolute Gasteiger partial charge is 0.112 e. The average Bonchev–Trinajstić information content (AvgIpc) is 2.52. The largest absolute Gasteiger partial charge is 0.383 e. The maximum Gasteiger partial charge on any atom is 0.112 e. The molecule has 1 atom stereocenters. The van der Waals surface area contributed by atoms with Crippen molar-refractivity contribution in [2.45, 2.75) is 25.4 Å². The van der Waals surface area contributed by atoms with Gasteiger partial charge in [-0.3, -0.25) is 0 Å². The van der Waals surface area contributed by atoms with Gasteiger partial charge in [0, 0.05) is 6.54 Å².